The number of nitrogens with one attached hydrogen (secondary N) is 2. The summed E-state index contributed by atoms with van der Waals surface area (Å²) in [5.41, 5.74) is 1.23. The first-order valence-electron chi connectivity index (χ1n) is 8.62. The minimum atomic E-state index is -0.400. The maximum Gasteiger partial charge on any atom is 0.237 e. The van der Waals surface area contributed by atoms with Crippen molar-refractivity contribution >= 4 is 35.0 Å². The van der Waals surface area contributed by atoms with Crippen molar-refractivity contribution in [2.45, 2.75) is 19.1 Å². The maximum absolute atomic E-state index is 12.4. The summed E-state index contributed by atoms with van der Waals surface area (Å²) in [6.07, 6.45) is 0. The molecule has 0 fully saturated rings. The van der Waals surface area contributed by atoms with Crippen LogP contribution < -0.4 is 20.1 Å². The first-order valence-corrected chi connectivity index (χ1v) is 9.67. The summed E-state index contributed by atoms with van der Waals surface area (Å²) < 4.78 is 10.7. The molecule has 2 aromatic rings. The summed E-state index contributed by atoms with van der Waals surface area (Å²) in [5, 5.41) is 5.25. The van der Waals surface area contributed by atoms with Crippen molar-refractivity contribution in [2.75, 3.05) is 30.1 Å². The van der Waals surface area contributed by atoms with Crippen molar-refractivity contribution in [1.29, 1.82) is 0 Å². The normalized spacial score (nSPS) is 11.4. The highest BCUT2D eigenvalue weighted by molar-refractivity contribution is 8.01. The number of thioether (sulfide) groups is 1. The third kappa shape index (κ3) is 6.21. The molecular formula is C20H24N2O4S. The van der Waals surface area contributed by atoms with E-state index in [1.54, 1.807) is 38.3 Å². The van der Waals surface area contributed by atoms with Gasteiger partial charge in [0.05, 0.1) is 36.1 Å². The Balaban J connectivity index is 1.87. The molecule has 2 N–H and O–H groups in total. The lowest BCUT2D eigenvalue weighted by Gasteiger charge is -2.15. The minimum absolute atomic E-state index is 0.153. The van der Waals surface area contributed by atoms with Gasteiger partial charge in [0.2, 0.25) is 11.8 Å². The second-order valence-electron chi connectivity index (χ2n) is 5.62. The van der Waals surface area contributed by atoms with E-state index in [9.17, 15) is 9.59 Å². The van der Waals surface area contributed by atoms with E-state index in [0.29, 0.717) is 29.5 Å². The van der Waals surface area contributed by atoms with Gasteiger partial charge in [0.1, 0.15) is 11.5 Å². The van der Waals surface area contributed by atoms with E-state index in [1.807, 2.05) is 31.2 Å². The van der Waals surface area contributed by atoms with E-state index in [4.69, 9.17) is 9.47 Å². The number of benzene rings is 2. The first kappa shape index (κ1) is 20.6. The third-order valence-corrected chi connectivity index (χ3v) is 4.80. The van der Waals surface area contributed by atoms with Crippen LogP contribution in [-0.4, -0.2) is 36.5 Å². The fourth-order valence-electron chi connectivity index (χ4n) is 2.30. The van der Waals surface area contributed by atoms with Crippen molar-refractivity contribution in [3.05, 3.63) is 48.5 Å². The molecule has 1 atom stereocenters. The zero-order chi connectivity index (χ0) is 19.6. The smallest absolute Gasteiger partial charge is 0.237 e. The Labute approximate surface area is 163 Å². The molecule has 0 saturated carbocycles. The molecule has 0 aliphatic heterocycles. The van der Waals surface area contributed by atoms with Gasteiger partial charge >= 0.3 is 0 Å². The minimum Gasteiger partial charge on any atom is -0.495 e. The van der Waals surface area contributed by atoms with Crippen molar-refractivity contribution in [2.24, 2.45) is 0 Å². The Bertz CT molecular complexity index is 782. The van der Waals surface area contributed by atoms with Gasteiger partial charge in [-0.15, -0.1) is 11.8 Å². The molecule has 2 rings (SSSR count). The highest BCUT2D eigenvalue weighted by Crippen LogP contribution is 2.26. The van der Waals surface area contributed by atoms with E-state index in [-0.39, 0.29) is 17.6 Å². The Morgan fingerprint density at radius 3 is 2.22 bits per heavy atom. The molecule has 0 aliphatic rings. The number of rotatable bonds is 9. The van der Waals surface area contributed by atoms with Crippen LogP contribution in [0.5, 0.6) is 11.5 Å². The van der Waals surface area contributed by atoms with Gasteiger partial charge in [-0.2, -0.15) is 0 Å². The molecule has 0 heterocycles. The number of carbonyl (C=O) groups excluding carboxylic acids is 2. The molecule has 0 spiro atoms. The predicted octanol–water partition coefficient (Wildman–Crippen LogP) is 3.79. The summed E-state index contributed by atoms with van der Waals surface area (Å²) >= 11 is 1.26. The van der Waals surface area contributed by atoms with Crippen molar-refractivity contribution in [3.8, 4) is 11.5 Å². The SMILES string of the molecule is CCOc1ccccc1NC(=O)C(C)SCC(=O)Nc1ccccc1OC. The number of hydrogen-bond donors (Lipinski definition) is 2. The Kier molecular flexibility index (Phi) is 8.00. The highest BCUT2D eigenvalue weighted by atomic mass is 32.2. The van der Waals surface area contributed by atoms with Gasteiger partial charge in [-0.25, -0.2) is 0 Å². The fraction of sp³-hybridized carbons (Fsp3) is 0.300. The van der Waals surface area contributed by atoms with Crippen LogP contribution in [0.15, 0.2) is 48.5 Å². The Morgan fingerprint density at radius 1 is 1.00 bits per heavy atom. The van der Waals surface area contributed by atoms with E-state index >= 15 is 0 Å². The summed E-state index contributed by atoms with van der Waals surface area (Å²) in [6.45, 7) is 4.16. The van der Waals surface area contributed by atoms with Gasteiger partial charge in [-0.3, -0.25) is 9.59 Å². The average molecular weight is 388 g/mol. The Morgan fingerprint density at radius 2 is 1.59 bits per heavy atom. The molecule has 7 heteroatoms. The lowest BCUT2D eigenvalue weighted by Crippen LogP contribution is -2.25. The zero-order valence-electron chi connectivity index (χ0n) is 15.7. The van der Waals surface area contributed by atoms with Crippen LogP contribution in [0.3, 0.4) is 0 Å². The number of ether oxygens (including phenoxy) is 2. The number of hydrogen-bond acceptors (Lipinski definition) is 5. The average Bonchev–Trinajstić information content (AvgIpc) is 2.68. The molecule has 6 nitrogen and oxygen atoms in total. The van der Waals surface area contributed by atoms with Crippen molar-refractivity contribution in [3.63, 3.8) is 0 Å². The second-order valence-corrected chi connectivity index (χ2v) is 6.95. The first-order chi connectivity index (χ1) is 13.0. The van der Waals surface area contributed by atoms with Crippen LogP contribution >= 0.6 is 11.8 Å². The zero-order valence-corrected chi connectivity index (χ0v) is 16.5. The molecule has 0 saturated heterocycles. The van der Waals surface area contributed by atoms with Gasteiger partial charge in [0.25, 0.3) is 0 Å². The standard InChI is InChI=1S/C20H24N2O4S/c1-4-26-18-12-8-6-10-16(18)22-20(24)14(2)27-13-19(23)21-15-9-5-7-11-17(15)25-3/h5-12,14H,4,13H2,1-3H3,(H,21,23)(H,22,24). The predicted molar refractivity (Wildman–Crippen MR) is 110 cm³/mol. The number of anilines is 2. The van der Waals surface area contributed by atoms with Crippen LogP contribution in [0.2, 0.25) is 0 Å². The quantitative estimate of drug-likeness (QED) is 0.683. The van der Waals surface area contributed by atoms with Crippen LogP contribution in [0.4, 0.5) is 11.4 Å². The molecule has 2 aromatic carbocycles. The van der Waals surface area contributed by atoms with E-state index in [0.717, 1.165) is 0 Å². The van der Waals surface area contributed by atoms with E-state index in [1.165, 1.54) is 11.8 Å². The lowest BCUT2D eigenvalue weighted by molar-refractivity contribution is -0.115. The summed E-state index contributed by atoms with van der Waals surface area (Å²) in [5.74, 6) is 0.990. The van der Waals surface area contributed by atoms with Crippen LogP contribution in [-0.2, 0) is 9.59 Å². The van der Waals surface area contributed by atoms with Gasteiger partial charge < -0.3 is 20.1 Å². The molecule has 2 amide bonds. The van der Waals surface area contributed by atoms with Gasteiger partial charge in [-0.1, -0.05) is 24.3 Å². The molecule has 1 unspecified atom stereocenters. The molecule has 27 heavy (non-hydrogen) atoms. The van der Waals surface area contributed by atoms with E-state index in [2.05, 4.69) is 10.6 Å². The fourth-order valence-corrected chi connectivity index (χ4v) is 2.98. The van der Waals surface area contributed by atoms with Crippen molar-refractivity contribution < 1.29 is 19.1 Å². The number of methoxy groups -OCH3 is 1. The monoisotopic (exact) mass is 388 g/mol. The number of para-hydroxylation sites is 4. The largest absolute Gasteiger partial charge is 0.495 e. The van der Waals surface area contributed by atoms with E-state index < -0.39 is 5.25 Å². The molecule has 0 bridgehead atoms. The molecule has 144 valence electrons. The summed E-state index contributed by atoms with van der Waals surface area (Å²) in [6, 6.07) is 14.5. The van der Waals surface area contributed by atoms with Gasteiger partial charge in [0, 0.05) is 0 Å². The van der Waals surface area contributed by atoms with Crippen LogP contribution in [0, 0.1) is 0 Å². The molecule has 0 aromatic heterocycles. The number of amides is 2. The molecular weight excluding hydrogens is 364 g/mol. The molecule has 0 radical (unpaired) electrons. The highest BCUT2D eigenvalue weighted by Gasteiger charge is 2.17. The lowest BCUT2D eigenvalue weighted by atomic mass is 10.3. The summed E-state index contributed by atoms with van der Waals surface area (Å²) in [7, 11) is 1.55. The maximum atomic E-state index is 12.4. The van der Waals surface area contributed by atoms with Gasteiger partial charge in [0.15, 0.2) is 0 Å². The second kappa shape index (κ2) is 10.5. The topological polar surface area (TPSA) is 76.7 Å². The van der Waals surface area contributed by atoms with Crippen molar-refractivity contribution in [1.82, 2.24) is 0 Å². The Hall–Kier alpha value is -2.67. The van der Waals surface area contributed by atoms with Gasteiger partial charge in [-0.05, 0) is 38.1 Å². The molecule has 0 aliphatic carbocycles. The van der Waals surface area contributed by atoms with Crippen LogP contribution in [0.1, 0.15) is 13.8 Å². The van der Waals surface area contributed by atoms with Crippen LogP contribution in [0.25, 0.3) is 0 Å². The third-order valence-electron chi connectivity index (χ3n) is 3.66. The summed E-state index contributed by atoms with van der Waals surface area (Å²) in [4.78, 5) is 24.6. The number of carbonyl (C=O) groups is 2.